The van der Waals surface area contributed by atoms with Gasteiger partial charge in [-0.3, -0.25) is 0 Å². The van der Waals surface area contributed by atoms with Crippen LogP contribution < -0.4 is 14.8 Å². The van der Waals surface area contributed by atoms with Gasteiger partial charge in [0.05, 0.1) is 45.8 Å². The standard InChI is InChI=1S/C15H16N2O6/c1-20-12-5-9(8-16)10(6-13(12)21-2)17-11(15(19)23-4)7-14(18)22-3/h5-7,17H,1-4H3/b11-7+. The number of esters is 2. The first-order valence-electron chi connectivity index (χ1n) is 6.31. The van der Waals surface area contributed by atoms with Gasteiger partial charge in [0.25, 0.3) is 0 Å². The zero-order chi connectivity index (χ0) is 17.4. The molecule has 0 aliphatic heterocycles. The van der Waals surface area contributed by atoms with E-state index in [-0.39, 0.29) is 16.9 Å². The van der Waals surface area contributed by atoms with Gasteiger partial charge in [0.2, 0.25) is 0 Å². The first kappa shape index (κ1) is 17.8. The minimum Gasteiger partial charge on any atom is -0.493 e. The van der Waals surface area contributed by atoms with E-state index in [4.69, 9.17) is 9.47 Å². The van der Waals surface area contributed by atoms with Crippen molar-refractivity contribution in [1.29, 1.82) is 5.26 Å². The Kier molecular flexibility index (Phi) is 6.43. The summed E-state index contributed by atoms with van der Waals surface area (Å²) in [5.41, 5.74) is 0.232. The van der Waals surface area contributed by atoms with Crippen molar-refractivity contribution >= 4 is 17.6 Å². The second-order valence-corrected chi connectivity index (χ2v) is 4.06. The third-order valence-corrected chi connectivity index (χ3v) is 2.78. The van der Waals surface area contributed by atoms with Gasteiger partial charge in [-0.2, -0.15) is 5.26 Å². The first-order chi connectivity index (χ1) is 11.0. The van der Waals surface area contributed by atoms with Crippen LogP contribution in [0, 0.1) is 11.3 Å². The molecule has 23 heavy (non-hydrogen) atoms. The summed E-state index contributed by atoms with van der Waals surface area (Å²) in [5.74, 6) is -0.853. The van der Waals surface area contributed by atoms with Crippen molar-refractivity contribution in [3.63, 3.8) is 0 Å². The highest BCUT2D eigenvalue weighted by atomic mass is 16.5. The minimum atomic E-state index is -0.797. The summed E-state index contributed by atoms with van der Waals surface area (Å²) >= 11 is 0. The topological polar surface area (TPSA) is 107 Å². The summed E-state index contributed by atoms with van der Waals surface area (Å²) < 4.78 is 19.3. The van der Waals surface area contributed by atoms with E-state index in [0.717, 1.165) is 13.2 Å². The molecule has 1 aromatic carbocycles. The van der Waals surface area contributed by atoms with Crippen molar-refractivity contribution in [3.8, 4) is 17.6 Å². The molecule has 0 fully saturated rings. The van der Waals surface area contributed by atoms with Crippen LogP contribution in [0.2, 0.25) is 0 Å². The zero-order valence-electron chi connectivity index (χ0n) is 13.1. The number of ether oxygens (including phenoxy) is 4. The lowest BCUT2D eigenvalue weighted by Crippen LogP contribution is -2.16. The third kappa shape index (κ3) is 4.38. The molecule has 0 saturated carbocycles. The molecule has 0 atom stereocenters. The average molecular weight is 320 g/mol. The number of benzene rings is 1. The van der Waals surface area contributed by atoms with Crippen molar-refractivity contribution in [1.82, 2.24) is 0 Å². The van der Waals surface area contributed by atoms with E-state index in [1.54, 1.807) is 0 Å². The van der Waals surface area contributed by atoms with Gasteiger partial charge in [0.1, 0.15) is 11.8 Å². The summed E-state index contributed by atoms with van der Waals surface area (Å²) in [6.45, 7) is 0. The van der Waals surface area contributed by atoms with Crippen LogP contribution in [0.15, 0.2) is 23.9 Å². The predicted molar refractivity (Wildman–Crippen MR) is 80.0 cm³/mol. The fourth-order valence-corrected chi connectivity index (χ4v) is 1.65. The van der Waals surface area contributed by atoms with E-state index in [1.165, 1.54) is 33.5 Å². The maximum absolute atomic E-state index is 11.7. The van der Waals surface area contributed by atoms with Gasteiger partial charge >= 0.3 is 11.9 Å². The van der Waals surface area contributed by atoms with Gasteiger partial charge in [-0.15, -0.1) is 0 Å². The van der Waals surface area contributed by atoms with E-state index in [9.17, 15) is 14.9 Å². The number of rotatable bonds is 6. The lowest BCUT2D eigenvalue weighted by Gasteiger charge is -2.14. The maximum atomic E-state index is 11.7. The molecule has 0 aliphatic carbocycles. The minimum absolute atomic E-state index is 0.183. The van der Waals surface area contributed by atoms with Gasteiger partial charge in [-0.05, 0) is 0 Å². The Morgan fingerprint density at radius 2 is 1.70 bits per heavy atom. The molecule has 0 aliphatic rings. The van der Waals surface area contributed by atoms with Crippen molar-refractivity contribution in [2.75, 3.05) is 33.8 Å². The van der Waals surface area contributed by atoms with Gasteiger partial charge < -0.3 is 24.3 Å². The molecule has 0 radical (unpaired) electrons. The molecule has 0 amide bonds. The van der Waals surface area contributed by atoms with E-state index in [1.807, 2.05) is 6.07 Å². The molecule has 122 valence electrons. The van der Waals surface area contributed by atoms with Gasteiger partial charge in [0, 0.05) is 12.1 Å². The SMILES string of the molecule is COC(=O)/C=C(/Nc1cc(OC)c(OC)cc1C#N)C(=O)OC. The smallest absolute Gasteiger partial charge is 0.354 e. The molecule has 1 aromatic rings. The molecule has 8 nitrogen and oxygen atoms in total. The van der Waals surface area contributed by atoms with E-state index >= 15 is 0 Å². The van der Waals surface area contributed by atoms with Gasteiger partial charge in [-0.1, -0.05) is 0 Å². The molecular formula is C15H16N2O6. The Morgan fingerprint density at radius 1 is 1.09 bits per heavy atom. The van der Waals surface area contributed by atoms with Crippen LogP contribution in [0.4, 0.5) is 5.69 Å². The number of hydrogen-bond acceptors (Lipinski definition) is 8. The van der Waals surface area contributed by atoms with Crippen molar-refractivity contribution in [2.45, 2.75) is 0 Å². The van der Waals surface area contributed by atoms with E-state index < -0.39 is 11.9 Å². The fourth-order valence-electron chi connectivity index (χ4n) is 1.65. The highest BCUT2D eigenvalue weighted by Gasteiger charge is 2.17. The normalized spacial score (nSPS) is 10.3. The van der Waals surface area contributed by atoms with Gasteiger partial charge in [-0.25, -0.2) is 9.59 Å². The molecule has 0 aromatic heterocycles. The molecule has 0 heterocycles. The quantitative estimate of drug-likeness (QED) is 0.616. The molecule has 0 saturated heterocycles. The second-order valence-electron chi connectivity index (χ2n) is 4.06. The number of nitriles is 1. The number of hydrogen-bond donors (Lipinski definition) is 1. The molecule has 0 unspecified atom stereocenters. The number of carbonyl (C=O) groups is 2. The highest BCUT2D eigenvalue weighted by molar-refractivity contribution is 5.99. The Labute approximate surface area is 133 Å². The lowest BCUT2D eigenvalue weighted by molar-refractivity contribution is -0.138. The molecule has 1 N–H and O–H groups in total. The summed E-state index contributed by atoms with van der Waals surface area (Å²) in [5, 5.41) is 11.9. The number of carbonyl (C=O) groups excluding carboxylic acids is 2. The van der Waals surface area contributed by atoms with E-state index in [0.29, 0.717) is 11.5 Å². The summed E-state index contributed by atoms with van der Waals surface area (Å²) in [6, 6.07) is 4.86. The van der Waals surface area contributed by atoms with Crippen molar-refractivity contribution in [2.24, 2.45) is 0 Å². The predicted octanol–water partition coefficient (Wildman–Crippen LogP) is 1.22. The van der Waals surface area contributed by atoms with Crippen molar-refractivity contribution < 1.29 is 28.5 Å². The highest BCUT2D eigenvalue weighted by Crippen LogP contribution is 2.33. The Balaban J connectivity index is 3.33. The monoisotopic (exact) mass is 320 g/mol. The third-order valence-electron chi connectivity index (χ3n) is 2.78. The zero-order valence-corrected chi connectivity index (χ0v) is 13.1. The van der Waals surface area contributed by atoms with Crippen molar-refractivity contribution in [3.05, 3.63) is 29.5 Å². The maximum Gasteiger partial charge on any atom is 0.354 e. The summed E-state index contributed by atoms with van der Waals surface area (Å²) in [7, 11) is 5.20. The molecule has 1 rings (SSSR count). The van der Waals surface area contributed by atoms with Crippen LogP contribution in [0.1, 0.15) is 5.56 Å². The van der Waals surface area contributed by atoms with Crippen LogP contribution in [0.25, 0.3) is 0 Å². The van der Waals surface area contributed by atoms with Crippen LogP contribution in [-0.4, -0.2) is 40.4 Å². The number of anilines is 1. The first-order valence-corrected chi connectivity index (χ1v) is 6.31. The number of nitrogens with one attached hydrogen (secondary N) is 1. The molecule has 0 spiro atoms. The molecular weight excluding hydrogens is 304 g/mol. The molecule has 8 heteroatoms. The van der Waals surface area contributed by atoms with Gasteiger partial charge in [0.15, 0.2) is 11.5 Å². The largest absolute Gasteiger partial charge is 0.493 e. The van der Waals surface area contributed by atoms with Crippen LogP contribution >= 0.6 is 0 Å². The second kappa shape index (κ2) is 8.29. The van der Waals surface area contributed by atoms with Crippen LogP contribution in [0.3, 0.4) is 0 Å². The fraction of sp³-hybridized carbons (Fsp3) is 0.267. The number of nitrogens with zero attached hydrogens (tertiary/aromatic N) is 1. The summed E-state index contributed by atoms with van der Waals surface area (Å²) in [6.07, 6.45) is 0.920. The number of methoxy groups -OCH3 is 4. The summed E-state index contributed by atoms with van der Waals surface area (Å²) in [4.78, 5) is 23.1. The van der Waals surface area contributed by atoms with Crippen LogP contribution in [0.5, 0.6) is 11.5 Å². The molecule has 0 bridgehead atoms. The van der Waals surface area contributed by atoms with Crippen LogP contribution in [-0.2, 0) is 19.1 Å². The Hall–Kier alpha value is -3.21. The average Bonchev–Trinajstić information content (AvgIpc) is 2.59. The lowest BCUT2D eigenvalue weighted by atomic mass is 10.1. The Bertz CT molecular complexity index is 675. The Morgan fingerprint density at radius 3 is 2.17 bits per heavy atom. The van der Waals surface area contributed by atoms with E-state index in [2.05, 4.69) is 14.8 Å².